The summed E-state index contributed by atoms with van der Waals surface area (Å²) in [6, 6.07) is 19.7. The van der Waals surface area contributed by atoms with Gasteiger partial charge in [0.15, 0.2) is 0 Å². The SMILES string of the molecule is COc1ccc(S(N)(=O)=O)cc1C(=O)NCc1cccc(C(=O)Nc2ccccc2)c1. The fourth-order valence-corrected chi connectivity index (χ4v) is 3.41. The van der Waals surface area contributed by atoms with Gasteiger partial charge in [-0.1, -0.05) is 30.3 Å². The number of nitrogens with one attached hydrogen (secondary N) is 2. The summed E-state index contributed by atoms with van der Waals surface area (Å²) in [5.41, 5.74) is 1.83. The van der Waals surface area contributed by atoms with Gasteiger partial charge in [0.1, 0.15) is 5.75 Å². The van der Waals surface area contributed by atoms with Gasteiger partial charge in [0.2, 0.25) is 10.0 Å². The molecule has 0 aliphatic carbocycles. The zero-order valence-corrected chi connectivity index (χ0v) is 17.5. The minimum absolute atomic E-state index is 0.0343. The third-order valence-electron chi connectivity index (χ3n) is 4.42. The lowest BCUT2D eigenvalue weighted by atomic mass is 10.1. The number of amides is 2. The molecule has 0 unspecified atom stereocenters. The molecule has 0 atom stereocenters. The number of anilines is 1. The highest BCUT2D eigenvalue weighted by molar-refractivity contribution is 7.89. The molecule has 0 aromatic heterocycles. The molecule has 0 spiro atoms. The number of ether oxygens (including phenoxy) is 1. The molecule has 3 aromatic carbocycles. The molecule has 0 aliphatic heterocycles. The summed E-state index contributed by atoms with van der Waals surface area (Å²) in [4.78, 5) is 24.9. The summed E-state index contributed by atoms with van der Waals surface area (Å²) in [6.07, 6.45) is 0. The number of benzene rings is 3. The van der Waals surface area contributed by atoms with Crippen molar-refractivity contribution in [3.05, 3.63) is 89.5 Å². The molecule has 0 fully saturated rings. The van der Waals surface area contributed by atoms with Crippen molar-refractivity contribution in [1.29, 1.82) is 0 Å². The summed E-state index contributed by atoms with van der Waals surface area (Å²) in [5.74, 6) is -0.607. The molecular weight excluding hydrogens is 418 g/mol. The Hall–Kier alpha value is -3.69. The molecule has 9 heteroatoms. The van der Waals surface area contributed by atoms with Crippen molar-refractivity contribution in [2.24, 2.45) is 5.14 Å². The molecule has 0 saturated heterocycles. The average Bonchev–Trinajstić information content (AvgIpc) is 2.77. The van der Waals surface area contributed by atoms with Gasteiger partial charge in [-0.05, 0) is 48.0 Å². The molecule has 0 bridgehead atoms. The maximum Gasteiger partial charge on any atom is 0.255 e. The molecule has 31 heavy (non-hydrogen) atoms. The first-order chi connectivity index (χ1) is 14.8. The summed E-state index contributed by atoms with van der Waals surface area (Å²) in [7, 11) is -2.60. The van der Waals surface area contributed by atoms with Gasteiger partial charge in [-0.15, -0.1) is 0 Å². The Kier molecular flexibility index (Phi) is 6.68. The fourth-order valence-electron chi connectivity index (χ4n) is 2.87. The molecule has 3 aromatic rings. The summed E-state index contributed by atoms with van der Waals surface area (Å²) >= 11 is 0. The first kappa shape index (κ1) is 22.0. The van der Waals surface area contributed by atoms with Gasteiger partial charge in [0.05, 0.1) is 17.6 Å². The Labute approximate surface area is 180 Å². The first-order valence-electron chi connectivity index (χ1n) is 9.22. The van der Waals surface area contributed by atoms with E-state index in [1.54, 1.807) is 36.4 Å². The van der Waals surface area contributed by atoms with Crippen molar-refractivity contribution in [2.45, 2.75) is 11.4 Å². The van der Waals surface area contributed by atoms with Crippen LogP contribution in [0.1, 0.15) is 26.3 Å². The third-order valence-corrected chi connectivity index (χ3v) is 5.33. The molecule has 0 heterocycles. The highest BCUT2D eigenvalue weighted by Gasteiger charge is 2.17. The van der Waals surface area contributed by atoms with Crippen LogP contribution >= 0.6 is 0 Å². The second-order valence-electron chi connectivity index (χ2n) is 6.61. The minimum atomic E-state index is -3.97. The van der Waals surface area contributed by atoms with Crippen LogP contribution in [0.15, 0.2) is 77.7 Å². The number of sulfonamides is 1. The quantitative estimate of drug-likeness (QED) is 0.521. The van der Waals surface area contributed by atoms with Crippen molar-refractivity contribution in [3.8, 4) is 5.75 Å². The number of hydrogen-bond acceptors (Lipinski definition) is 5. The summed E-state index contributed by atoms with van der Waals surface area (Å²) in [5, 5.41) is 10.6. The molecule has 8 nitrogen and oxygen atoms in total. The predicted octanol–water partition coefficient (Wildman–Crippen LogP) is 2.52. The maximum absolute atomic E-state index is 12.6. The average molecular weight is 439 g/mol. The van der Waals surface area contributed by atoms with Crippen molar-refractivity contribution >= 4 is 27.5 Å². The Morgan fingerprint density at radius 3 is 2.35 bits per heavy atom. The fraction of sp³-hybridized carbons (Fsp3) is 0.0909. The highest BCUT2D eigenvalue weighted by Crippen LogP contribution is 2.22. The second kappa shape index (κ2) is 9.41. The van der Waals surface area contributed by atoms with Crippen LogP contribution in [0.25, 0.3) is 0 Å². The number of rotatable bonds is 7. The zero-order chi connectivity index (χ0) is 22.4. The van der Waals surface area contributed by atoms with Gasteiger partial charge in [0, 0.05) is 17.8 Å². The molecule has 2 amide bonds. The molecular formula is C22H21N3O5S. The van der Waals surface area contributed by atoms with Crippen LogP contribution in [0.4, 0.5) is 5.69 Å². The van der Waals surface area contributed by atoms with Crippen molar-refractivity contribution in [1.82, 2.24) is 5.32 Å². The third kappa shape index (κ3) is 5.68. The highest BCUT2D eigenvalue weighted by atomic mass is 32.2. The van der Waals surface area contributed by atoms with E-state index in [2.05, 4.69) is 10.6 Å². The zero-order valence-electron chi connectivity index (χ0n) is 16.7. The molecule has 0 aliphatic rings. The van der Waals surface area contributed by atoms with Gasteiger partial charge >= 0.3 is 0 Å². The molecule has 3 rings (SSSR count). The first-order valence-corrected chi connectivity index (χ1v) is 10.8. The summed E-state index contributed by atoms with van der Waals surface area (Å²) < 4.78 is 28.3. The van der Waals surface area contributed by atoms with E-state index in [1.807, 2.05) is 18.2 Å². The Bertz CT molecular complexity index is 1210. The molecule has 0 saturated carbocycles. The minimum Gasteiger partial charge on any atom is -0.496 e. The van der Waals surface area contributed by atoms with Gasteiger partial charge < -0.3 is 15.4 Å². The van der Waals surface area contributed by atoms with E-state index in [1.165, 1.54) is 19.2 Å². The molecule has 4 N–H and O–H groups in total. The second-order valence-corrected chi connectivity index (χ2v) is 8.17. The lowest BCUT2D eigenvalue weighted by Crippen LogP contribution is -2.24. The van der Waals surface area contributed by atoms with Crippen LogP contribution in [-0.2, 0) is 16.6 Å². The van der Waals surface area contributed by atoms with Gasteiger partial charge in [-0.3, -0.25) is 9.59 Å². The van der Waals surface area contributed by atoms with Crippen molar-refractivity contribution in [2.75, 3.05) is 12.4 Å². The maximum atomic E-state index is 12.6. The smallest absolute Gasteiger partial charge is 0.255 e. The standard InChI is InChI=1S/C22H21N3O5S/c1-30-20-11-10-18(31(23,28)29)13-19(20)22(27)24-14-15-6-5-7-16(12-15)21(26)25-17-8-3-2-4-9-17/h2-13H,14H2,1H3,(H,24,27)(H,25,26)(H2,23,28,29). The lowest BCUT2D eigenvalue weighted by molar-refractivity contribution is 0.0947. The number of carbonyl (C=O) groups excluding carboxylic acids is 2. The number of hydrogen-bond donors (Lipinski definition) is 3. The van der Waals surface area contributed by atoms with E-state index in [-0.39, 0.29) is 28.7 Å². The number of carbonyl (C=O) groups is 2. The van der Waals surface area contributed by atoms with E-state index in [4.69, 9.17) is 9.88 Å². The van der Waals surface area contributed by atoms with Crippen LogP contribution in [0.5, 0.6) is 5.75 Å². The van der Waals surface area contributed by atoms with Gasteiger partial charge in [-0.25, -0.2) is 13.6 Å². The molecule has 160 valence electrons. The van der Waals surface area contributed by atoms with Gasteiger partial charge in [-0.2, -0.15) is 0 Å². The van der Waals surface area contributed by atoms with E-state index >= 15 is 0 Å². The van der Waals surface area contributed by atoms with E-state index in [0.717, 1.165) is 6.07 Å². The van der Waals surface area contributed by atoms with E-state index < -0.39 is 15.9 Å². The Morgan fingerprint density at radius 1 is 0.935 bits per heavy atom. The Morgan fingerprint density at radius 2 is 1.68 bits per heavy atom. The van der Waals surface area contributed by atoms with E-state index in [0.29, 0.717) is 16.8 Å². The van der Waals surface area contributed by atoms with Crippen LogP contribution in [-0.4, -0.2) is 27.3 Å². The van der Waals surface area contributed by atoms with Crippen molar-refractivity contribution in [3.63, 3.8) is 0 Å². The number of methoxy groups -OCH3 is 1. The lowest BCUT2D eigenvalue weighted by Gasteiger charge is -2.11. The number of para-hydroxylation sites is 1. The van der Waals surface area contributed by atoms with Crippen LogP contribution < -0.4 is 20.5 Å². The number of nitrogens with two attached hydrogens (primary N) is 1. The predicted molar refractivity (Wildman–Crippen MR) is 116 cm³/mol. The van der Waals surface area contributed by atoms with Crippen LogP contribution in [0.2, 0.25) is 0 Å². The van der Waals surface area contributed by atoms with E-state index in [9.17, 15) is 18.0 Å². The Balaban J connectivity index is 1.72. The van der Waals surface area contributed by atoms with Crippen LogP contribution in [0.3, 0.4) is 0 Å². The van der Waals surface area contributed by atoms with Gasteiger partial charge in [0.25, 0.3) is 11.8 Å². The van der Waals surface area contributed by atoms with Crippen molar-refractivity contribution < 1.29 is 22.7 Å². The number of primary sulfonamides is 1. The normalized spacial score (nSPS) is 10.9. The monoisotopic (exact) mass is 439 g/mol. The topological polar surface area (TPSA) is 128 Å². The van der Waals surface area contributed by atoms with Crippen LogP contribution in [0, 0.1) is 0 Å². The summed E-state index contributed by atoms with van der Waals surface area (Å²) in [6.45, 7) is 0.119. The largest absolute Gasteiger partial charge is 0.496 e. The molecule has 0 radical (unpaired) electrons.